The minimum Gasteiger partial charge on any atom is -0.469 e. The van der Waals surface area contributed by atoms with Crippen LogP contribution in [-0.2, 0) is 17.6 Å². The number of hydrogen-bond donors (Lipinski definition) is 2. The molecule has 2 aromatic rings. The predicted octanol–water partition coefficient (Wildman–Crippen LogP) is 2.37. The molecule has 0 spiro atoms. The van der Waals surface area contributed by atoms with Crippen LogP contribution in [0.3, 0.4) is 0 Å². The smallest absolute Gasteiger partial charge is 0.243 e. The lowest BCUT2D eigenvalue weighted by Crippen LogP contribution is -2.40. The third-order valence-corrected chi connectivity index (χ3v) is 4.30. The summed E-state index contributed by atoms with van der Waals surface area (Å²) in [6.07, 6.45) is 3.36. The summed E-state index contributed by atoms with van der Waals surface area (Å²) in [6.45, 7) is 1.58. The molecule has 0 fully saturated rings. The fourth-order valence-electron chi connectivity index (χ4n) is 1.98. The topological polar surface area (TPSA) is 69.9 Å². The summed E-state index contributed by atoms with van der Waals surface area (Å²) in [5.41, 5.74) is 0. The first-order valence-corrected chi connectivity index (χ1v) is 8.80. The fraction of sp³-hybridized carbons (Fsp3) is 0.412. The van der Waals surface area contributed by atoms with Crippen molar-refractivity contribution in [3.63, 3.8) is 0 Å². The minimum absolute atomic E-state index is 0. The number of nitrogens with zero attached hydrogens (tertiary/aromatic N) is 2. The summed E-state index contributed by atoms with van der Waals surface area (Å²) >= 11 is 1.74. The van der Waals surface area contributed by atoms with E-state index >= 15 is 0 Å². The van der Waals surface area contributed by atoms with Crippen molar-refractivity contribution >= 4 is 47.2 Å². The Morgan fingerprint density at radius 1 is 1.20 bits per heavy atom. The largest absolute Gasteiger partial charge is 0.469 e. The van der Waals surface area contributed by atoms with Gasteiger partial charge >= 0.3 is 0 Å². The van der Waals surface area contributed by atoms with Gasteiger partial charge in [-0.2, -0.15) is 0 Å². The van der Waals surface area contributed by atoms with Crippen LogP contribution in [0.1, 0.15) is 10.6 Å². The van der Waals surface area contributed by atoms with Crippen molar-refractivity contribution in [3.8, 4) is 0 Å². The second-order valence-corrected chi connectivity index (χ2v) is 6.50. The van der Waals surface area contributed by atoms with E-state index in [0.29, 0.717) is 12.5 Å². The molecular weight excluding hydrogens is 451 g/mol. The van der Waals surface area contributed by atoms with E-state index in [1.54, 1.807) is 31.7 Å². The molecule has 2 heterocycles. The zero-order valence-corrected chi connectivity index (χ0v) is 17.7. The van der Waals surface area contributed by atoms with Crippen LogP contribution in [-0.4, -0.2) is 50.5 Å². The normalized spacial score (nSPS) is 10.9. The van der Waals surface area contributed by atoms with Gasteiger partial charge in [0.25, 0.3) is 0 Å². The standard InChI is InChI=1S/C17H24N4O2S.HI/c1-21(2)16(22)13-20-17(18-9-7-14-5-3-11-23-14)19-10-8-15-6-4-12-24-15;/h3-6,11-12H,7-10,13H2,1-2H3,(H2,18,19,20);1H. The molecule has 138 valence electrons. The number of aliphatic imine (C=N–C) groups is 1. The number of furan rings is 1. The van der Waals surface area contributed by atoms with Crippen molar-refractivity contribution in [1.82, 2.24) is 15.5 Å². The number of nitrogens with one attached hydrogen (secondary N) is 2. The maximum absolute atomic E-state index is 11.7. The van der Waals surface area contributed by atoms with Gasteiger partial charge < -0.3 is 20.0 Å². The molecule has 0 unspecified atom stereocenters. The number of guanidine groups is 1. The third kappa shape index (κ3) is 8.39. The highest BCUT2D eigenvalue weighted by Crippen LogP contribution is 2.08. The number of likely N-dealkylation sites (N-methyl/N-ethyl adjacent to an activating group) is 1. The summed E-state index contributed by atoms with van der Waals surface area (Å²) in [6, 6.07) is 7.98. The first kappa shape index (κ1) is 21.5. The SMILES string of the molecule is CN(C)C(=O)CN=C(NCCc1ccco1)NCCc1cccs1.I. The average Bonchev–Trinajstić information content (AvgIpc) is 3.25. The highest BCUT2D eigenvalue weighted by atomic mass is 127. The van der Waals surface area contributed by atoms with Gasteiger partial charge in [0, 0.05) is 38.5 Å². The maximum atomic E-state index is 11.7. The molecule has 0 saturated heterocycles. The van der Waals surface area contributed by atoms with Crippen LogP contribution in [0, 0.1) is 0 Å². The van der Waals surface area contributed by atoms with Crippen LogP contribution in [0.4, 0.5) is 0 Å². The van der Waals surface area contributed by atoms with Crippen molar-refractivity contribution in [2.45, 2.75) is 12.8 Å². The summed E-state index contributed by atoms with van der Waals surface area (Å²) in [5, 5.41) is 8.59. The molecular formula is C17H25IN4O2S. The van der Waals surface area contributed by atoms with Crippen molar-refractivity contribution in [2.24, 2.45) is 4.99 Å². The van der Waals surface area contributed by atoms with E-state index in [9.17, 15) is 4.79 Å². The van der Waals surface area contributed by atoms with Crippen LogP contribution in [0.5, 0.6) is 0 Å². The molecule has 2 N–H and O–H groups in total. The zero-order valence-electron chi connectivity index (χ0n) is 14.5. The van der Waals surface area contributed by atoms with Crippen LogP contribution in [0.25, 0.3) is 0 Å². The van der Waals surface area contributed by atoms with Gasteiger partial charge in [-0.25, -0.2) is 4.99 Å². The predicted molar refractivity (Wildman–Crippen MR) is 113 cm³/mol. The highest BCUT2D eigenvalue weighted by molar-refractivity contribution is 14.0. The Morgan fingerprint density at radius 2 is 1.96 bits per heavy atom. The van der Waals surface area contributed by atoms with Gasteiger partial charge in [-0.05, 0) is 30.0 Å². The highest BCUT2D eigenvalue weighted by Gasteiger charge is 2.05. The first-order valence-electron chi connectivity index (χ1n) is 7.92. The monoisotopic (exact) mass is 476 g/mol. The maximum Gasteiger partial charge on any atom is 0.243 e. The molecule has 8 heteroatoms. The molecule has 0 saturated carbocycles. The molecule has 0 radical (unpaired) electrons. The van der Waals surface area contributed by atoms with Crippen molar-refractivity contribution in [1.29, 1.82) is 0 Å². The molecule has 2 aromatic heterocycles. The van der Waals surface area contributed by atoms with Gasteiger partial charge in [0.15, 0.2) is 5.96 Å². The summed E-state index contributed by atoms with van der Waals surface area (Å²) in [4.78, 5) is 18.9. The Bertz CT molecular complexity index is 585. The molecule has 0 aliphatic rings. The third-order valence-electron chi connectivity index (χ3n) is 3.36. The summed E-state index contributed by atoms with van der Waals surface area (Å²) < 4.78 is 5.32. The number of carbonyl (C=O) groups is 1. The molecule has 0 aliphatic heterocycles. The molecule has 2 rings (SSSR count). The van der Waals surface area contributed by atoms with Crippen LogP contribution in [0.15, 0.2) is 45.3 Å². The zero-order chi connectivity index (χ0) is 17.2. The lowest BCUT2D eigenvalue weighted by Gasteiger charge is -2.13. The number of carbonyl (C=O) groups excluding carboxylic acids is 1. The lowest BCUT2D eigenvalue weighted by atomic mass is 10.3. The molecule has 0 aromatic carbocycles. The van der Waals surface area contributed by atoms with Gasteiger partial charge in [-0.3, -0.25) is 4.79 Å². The van der Waals surface area contributed by atoms with Gasteiger partial charge in [0.05, 0.1) is 6.26 Å². The number of rotatable bonds is 8. The Kier molecular flexibility index (Phi) is 10.2. The van der Waals surface area contributed by atoms with Gasteiger partial charge in [-0.1, -0.05) is 6.07 Å². The van der Waals surface area contributed by atoms with E-state index in [-0.39, 0.29) is 36.4 Å². The Hall–Kier alpha value is -1.55. The molecule has 1 amide bonds. The number of thiophene rings is 1. The van der Waals surface area contributed by atoms with E-state index in [1.165, 1.54) is 9.78 Å². The first-order chi connectivity index (χ1) is 11.6. The van der Waals surface area contributed by atoms with Gasteiger partial charge in [0.2, 0.25) is 5.91 Å². The Labute approximate surface area is 169 Å². The average molecular weight is 476 g/mol. The van der Waals surface area contributed by atoms with E-state index in [1.807, 2.05) is 18.2 Å². The second-order valence-electron chi connectivity index (χ2n) is 5.47. The minimum atomic E-state index is -0.0274. The fourth-order valence-corrected chi connectivity index (χ4v) is 2.69. The number of hydrogen-bond acceptors (Lipinski definition) is 4. The second kappa shape index (κ2) is 11.9. The van der Waals surface area contributed by atoms with E-state index in [0.717, 1.165) is 25.1 Å². The van der Waals surface area contributed by atoms with Crippen molar-refractivity contribution in [3.05, 3.63) is 46.5 Å². The van der Waals surface area contributed by atoms with Crippen molar-refractivity contribution in [2.75, 3.05) is 33.7 Å². The molecule has 0 aliphatic carbocycles. The van der Waals surface area contributed by atoms with E-state index in [4.69, 9.17) is 4.42 Å². The van der Waals surface area contributed by atoms with E-state index in [2.05, 4.69) is 27.1 Å². The van der Waals surface area contributed by atoms with Crippen molar-refractivity contribution < 1.29 is 9.21 Å². The Balaban J connectivity index is 0.00000312. The molecule has 0 bridgehead atoms. The molecule has 6 nitrogen and oxygen atoms in total. The van der Waals surface area contributed by atoms with Crippen LogP contribution >= 0.6 is 35.3 Å². The molecule has 0 atom stereocenters. The lowest BCUT2D eigenvalue weighted by molar-refractivity contribution is -0.127. The number of halogens is 1. The van der Waals surface area contributed by atoms with Gasteiger partial charge in [0.1, 0.15) is 12.3 Å². The number of amides is 1. The van der Waals surface area contributed by atoms with Crippen LogP contribution < -0.4 is 10.6 Å². The van der Waals surface area contributed by atoms with Crippen LogP contribution in [0.2, 0.25) is 0 Å². The van der Waals surface area contributed by atoms with E-state index < -0.39 is 0 Å². The quantitative estimate of drug-likeness (QED) is 0.349. The summed E-state index contributed by atoms with van der Waals surface area (Å²) in [7, 11) is 3.46. The Morgan fingerprint density at radius 3 is 2.56 bits per heavy atom. The van der Waals surface area contributed by atoms with Gasteiger partial charge in [-0.15, -0.1) is 35.3 Å². The molecule has 25 heavy (non-hydrogen) atoms. The summed E-state index contributed by atoms with van der Waals surface area (Å²) in [5.74, 6) is 1.54.